The molecule has 148 valence electrons. The molecule has 0 radical (unpaired) electrons. The summed E-state index contributed by atoms with van der Waals surface area (Å²) in [6.45, 7) is 5.26. The molecule has 2 aromatic carbocycles. The lowest BCUT2D eigenvalue weighted by molar-refractivity contribution is 0.935. The molecule has 0 bridgehead atoms. The predicted molar refractivity (Wildman–Crippen MR) is 133 cm³/mol. The second-order valence-electron chi connectivity index (χ2n) is 10.2. The molecule has 1 aliphatic heterocycles. The normalized spacial score (nSPS) is 22.3. The first kappa shape index (κ1) is 17.3. The molecule has 0 amide bonds. The molecule has 30 heavy (non-hydrogen) atoms. The number of benzene rings is 2. The maximum Gasteiger partial charge on any atom is 0.109 e. The van der Waals surface area contributed by atoms with E-state index in [1.165, 1.54) is 49.5 Å². The van der Waals surface area contributed by atoms with Crippen molar-refractivity contribution in [1.29, 1.82) is 0 Å². The first-order valence-electron chi connectivity index (χ1n) is 11.8. The molecule has 0 atom stereocenters. The fourth-order valence-corrected chi connectivity index (χ4v) is 10.9. The second kappa shape index (κ2) is 5.86. The lowest BCUT2D eigenvalue weighted by Crippen LogP contribution is -2.44. The van der Waals surface area contributed by atoms with Crippen LogP contribution in [-0.4, -0.2) is 8.07 Å². The molecule has 0 aromatic heterocycles. The van der Waals surface area contributed by atoms with Crippen LogP contribution in [0.15, 0.2) is 53.3 Å². The predicted octanol–water partition coefficient (Wildman–Crippen LogP) is 7.03. The molecular formula is C29H28Si. The van der Waals surface area contributed by atoms with E-state index in [1.54, 1.807) is 49.5 Å². The Labute approximate surface area is 180 Å². The van der Waals surface area contributed by atoms with E-state index >= 15 is 0 Å². The third kappa shape index (κ3) is 2.02. The summed E-state index contributed by atoms with van der Waals surface area (Å²) < 4.78 is 0. The molecule has 0 saturated heterocycles. The molecule has 0 nitrogen and oxygen atoms in total. The van der Waals surface area contributed by atoms with E-state index in [0.29, 0.717) is 0 Å². The molecule has 5 aliphatic rings. The van der Waals surface area contributed by atoms with Gasteiger partial charge in [0.25, 0.3) is 0 Å². The van der Waals surface area contributed by atoms with Crippen LogP contribution < -0.4 is 5.19 Å². The summed E-state index contributed by atoms with van der Waals surface area (Å²) >= 11 is 0. The smallest absolute Gasteiger partial charge is 0.0836 e. The second-order valence-corrected chi connectivity index (χ2v) is 14.6. The minimum atomic E-state index is -1.64. The maximum atomic E-state index is 2.63. The van der Waals surface area contributed by atoms with E-state index in [-0.39, 0.29) is 0 Å². The van der Waals surface area contributed by atoms with Crippen molar-refractivity contribution in [3.8, 4) is 0 Å². The lowest BCUT2D eigenvalue weighted by Gasteiger charge is -2.29. The van der Waals surface area contributed by atoms with Crippen molar-refractivity contribution < 1.29 is 0 Å². The highest BCUT2D eigenvalue weighted by molar-refractivity contribution is 6.99. The van der Waals surface area contributed by atoms with Crippen molar-refractivity contribution in [1.82, 2.24) is 0 Å². The van der Waals surface area contributed by atoms with Crippen molar-refractivity contribution >= 4 is 41.3 Å². The molecule has 0 fully saturated rings. The SMILES string of the molecule is C[Si]1(C)C2=C(C=CCC2)c2c1c1c(c3ccc4c(c23)C2=C(CCC=C2)C4)C=CCC1. The Bertz CT molecular complexity index is 1320. The number of fused-ring (bicyclic) bond motifs is 10. The summed E-state index contributed by atoms with van der Waals surface area (Å²) in [4.78, 5) is 0. The molecule has 0 saturated carbocycles. The largest absolute Gasteiger partial charge is 0.109 e. The first-order valence-corrected chi connectivity index (χ1v) is 14.8. The standard InChI is InChI=1S/C29H28Si/c1-30(2)25-14-8-7-13-24(25)28-27-22(21-11-5-6-12-23(21)29(28)30)16-15-19-17-18-9-3-4-10-20(18)26(19)27/h4-5,7,10-11,13,15-16H,3,6,8-9,12,14,17H2,1-2H3. The van der Waals surface area contributed by atoms with Gasteiger partial charge in [-0.1, -0.05) is 72.5 Å². The van der Waals surface area contributed by atoms with Gasteiger partial charge in [0.15, 0.2) is 0 Å². The molecule has 1 heteroatoms. The van der Waals surface area contributed by atoms with Crippen LogP contribution in [0.25, 0.3) is 28.0 Å². The van der Waals surface area contributed by atoms with Crippen LogP contribution in [0.1, 0.15) is 59.9 Å². The van der Waals surface area contributed by atoms with E-state index in [1.807, 2.05) is 5.20 Å². The highest BCUT2D eigenvalue weighted by Crippen LogP contribution is 2.50. The average molecular weight is 405 g/mol. The van der Waals surface area contributed by atoms with Crippen LogP contribution in [0.2, 0.25) is 13.1 Å². The van der Waals surface area contributed by atoms with Crippen molar-refractivity contribution in [2.45, 2.75) is 58.0 Å². The van der Waals surface area contributed by atoms with Crippen LogP contribution >= 0.6 is 0 Å². The van der Waals surface area contributed by atoms with Gasteiger partial charge in [-0.2, -0.15) is 0 Å². The molecule has 2 aromatic rings. The van der Waals surface area contributed by atoms with Crippen LogP contribution in [0, 0.1) is 0 Å². The highest BCUT2D eigenvalue weighted by Gasteiger charge is 2.43. The Hall–Kier alpha value is -2.38. The molecule has 7 rings (SSSR count). The zero-order valence-electron chi connectivity index (χ0n) is 18.1. The van der Waals surface area contributed by atoms with Crippen LogP contribution in [0.5, 0.6) is 0 Å². The molecule has 0 unspecified atom stereocenters. The monoisotopic (exact) mass is 404 g/mol. The molecule has 1 heterocycles. The topological polar surface area (TPSA) is 0 Å². The minimum Gasteiger partial charge on any atom is -0.0836 e. The molecular weight excluding hydrogens is 376 g/mol. The van der Waals surface area contributed by atoms with Gasteiger partial charge in [-0.05, 0) is 99.9 Å². The summed E-state index contributed by atoms with van der Waals surface area (Å²) in [7, 11) is -1.64. The van der Waals surface area contributed by atoms with Gasteiger partial charge < -0.3 is 0 Å². The maximum absolute atomic E-state index is 2.63. The van der Waals surface area contributed by atoms with Gasteiger partial charge in [-0.3, -0.25) is 0 Å². The van der Waals surface area contributed by atoms with Crippen molar-refractivity contribution in [2.75, 3.05) is 0 Å². The summed E-state index contributed by atoms with van der Waals surface area (Å²) in [5, 5.41) is 6.69. The van der Waals surface area contributed by atoms with Crippen LogP contribution in [-0.2, 0) is 12.8 Å². The van der Waals surface area contributed by atoms with Gasteiger partial charge in [0.2, 0.25) is 0 Å². The summed E-state index contributed by atoms with van der Waals surface area (Å²) in [5.41, 5.74) is 12.8. The Kier molecular flexibility index (Phi) is 3.38. The Balaban J connectivity index is 1.70. The summed E-state index contributed by atoms with van der Waals surface area (Å²) in [6, 6.07) is 4.91. The number of hydrogen-bond donors (Lipinski definition) is 0. The van der Waals surface area contributed by atoms with Gasteiger partial charge in [0, 0.05) is 0 Å². The molecule has 4 aliphatic carbocycles. The van der Waals surface area contributed by atoms with E-state index in [4.69, 9.17) is 0 Å². The fourth-order valence-electron chi connectivity index (χ4n) is 7.08. The quantitative estimate of drug-likeness (QED) is 0.413. The molecule has 0 spiro atoms. The first-order chi connectivity index (χ1) is 14.7. The highest BCUT2D eigenvalue weighted by atomic mass is 28.3. The van der Waals surface area contributed by atoms with Gasteiger partial charge >= 0.3 is 0 Å². The zero-order chi connectivity index (χ0) is 20.0. The van der Waals surface area contributed by atoms with E-state index in [0.717, 1.165) is 6.42 Å². The van der Waals surface area contributed by atoms with E-state index < -0.39 is 8.07 Å². The third-order valence-electron chi connectivity index (χ3n) is 8.33. The fraction of sp³-hybridized carbons (Fsp3) is 0.310. The van der Waals surface area contributed by atoms with E-state index in [9.17, 15) is 0 Å². The van der Waals surface area contributed by atoms with Crippen molar-refractivity contribution in [2.24, 2.45) is 0 Å². The number of hydrogen-bond acceptors (Lipinski definition) is 0. The Morgan fingerprint density at radius 2 is 1.53 bits per heavy atom. The van der Waals surface area contributed by atoms with Gasteiger partial charge in [0.05, 0.1) is 0 Å². The summed E-state index contributed by atoms with van der Waals surface area (Å²) in [6.07, 6.45) is 23.1. The number of rotatable bonds is 0. The van der Waals surface area contributed by atoms with Crippen molar-refractivity contribution in [3.63, 3.8) is 0 Å². The third-order valence-corrected chi connectivity index (χ3v) is 12.2. The van der Waals surface area contributed by atoms with Gasteiger partial charge in [-0.25, -0.2) is 0 Å². The van der Waals surface area contributed by atoms with Crippen LogP contribution in [0.3, 0.4) is 0 Å². The Morgan fingerprint density at radius 1 is 0.767 bits per heavy atom. The summed E-state index contributed by atoms with van der Waals surface area (Å²) in [5.74, 6) is 0. The van der Waals surface area contributed by atoms with Crippen LogP contribution in [0.4, 0.5) is 0 Å². The van der Waals surface area contributed by atoms with Crippen molar-refractivity contribution in [3.05, 3.63) is 81.1 Å². The molecule has 0 N–H and O–H groups in total. The Morgan fingerprint density at radius 3 is 2.43 bits per heavy atom. The lowest BCUT2D eigenvalue weighted by atomic mass is 9.82. The van der Waals surface area contributed by atoms with Gasteiger partial charge in [0.1, 0.15) is 8.07 Å². The average Bonchev–Trinajstić information content (AvgIpc) is 3.27. The van der Waals surface area contributed by atoms with E-state index in [2.05, 4.69) is 61.7 Å². The van der Waals surface area contributed by atoms with Gasteiger partial charge in [-0.15, -0.1) is 0 Å². The zero-order valence-corrected chi connectivity index (χ0v) is 19.1. The number of allylic oxidation sites excluding steroid dienone is 9. The minimum absolute atomic E-state index is 1.16.